The summed E-state index contributed by atoms with van der Waals surface area (Å²) in [5, 5.41) is 3.77. The number of nitrogens with two attached hydrogens (primary N) is 1. The second-order valence-corrected chi connectivity index (χ2v) is 10.5. The summed E-state index contributed by atoms with van der Waals surface area (Å²) in [6.45, 7) is 4.13. The van der Waals surface area contributed by atoms with Gasteiger partial charge in [-0.25, -0.2) is 8.42 Å². The molecule has 2 N–H and O–H groups in total. The van der Waals surface area contributed by atoms with Crippen LogP contribution in [-0.4, -0.2) is 53.7 Å². The highest BCUT2D eigenvalue weighted by atomic mass is 32.2. The number of aromatic nitrogens is 1. The quantitative estimate of drug-likeness (QED) is 0.673. The van der Waals surface area contributed by atoms with Gasteiger partial charge in [0.2, 0.25) is 21.8 Å². The molecule has 2 amide bonds. The Kier molecular flexibility index (Phi) is 6.09. The number of piperidine rings is 1. The van der Waals surface area contributed by atoms with Crippen LogP contribution in [0.3, 0.4) is 0 Å². The second-order valence-electron chi connectivity index (χ2n) is 8.61. The molecule has 1 aromatic carbocycles. The zero-order valence-corrected chi connectivity index (χ0v) is 19.1. The smallest absolute Gasteiger partial charge is 0.248 e. The molecule has 10 heteroatoms. The Morgan fingerprint density at radius 3 is 2.44 bits per heavy atom. The van der Waals surface area contributed by atoms with E-state index in [9.17, 15) is 18.0 Å². The number of amides is 2. The van der Waals surface area contributed by atoms with E-state index in [4.69, 9.17) is 10.3 Å². The molecule has 4 rings (SSSR count). The van der Waals surface area contributed by atoms with Gasteiger partial charge in [-0.3, -0.25) is 9.59 Å². The van der Waals surface area contributed by atoms with Crippen LogP contribution in [0, 0.1) is 19.8 Å². The van der Waals surface area contributed by atoms with Crippen LogP contribution in [-0.2, 0) is 21.4 Å². The van der Waals surface area contributed by atoms with Gasteiger partial charge in [0, 0.05) is 31.2 Å². The third-order valence-corrected chi connectivity index (χ3v) is 8.27. The monoisotopic (exact) mass is 460 g/mol. The van der Waals surface area contributed by atoms with Crippen LogP contribution < -0.4 is 5.73 Å². The molecule has 1 aliphatic carbocycles. The highest BCUT2D eigenvalue weighted by Crippen LogP contribution is 2.33. The minimum atomic E-state index is -3.79. The van der Waals surface area contributed by atoms with Crippen molar-refractivity contribution in [2.24, 2.45) is 11.7 Å². The molecular weight excluding hydrogens is 432 g/mol. The molecule has 0 spiro atoms. The fourth-order valence-electron chi connectivity index (χ4n) is 4.31. The van der Waals surface area contributed by atoms with Crippen LogP contribution in [0.4, 0.5) is 0 Å². The molecule has 9 nitrogen and oxygen atoms in total. The van der Waals surface area contributed by atoms with Crippen LogP contribution in [0.5, 0.6) is 0 Å². The largest absolute Gasteiger partial charge is 0.366 e. The minimum Gasteiger partial charge on any atom is -0.366 e. The Morgan fingerprint density at radius 1 is 1.19 bits per heavy atom. The molecule has 1 unspecified atom stereocenters. The van der Waals surface area contributed by atoms with E-state index in [1.165, 1.54) is 4.31 Å². The number of nitrogens with zero attached hydrogens (tertiary/aromatic N) is 3. The highest BCUT2D eigenvalue weighted by Gasteiger charge is 2.40. The molecule has 1 saturated carbocycles. The fraction of sp³-hybridized carbons (Fsp3) is 0.500. The van der Waals surface area contributed by atoms with Gasteiger partial charge in [0.25, 0.3) is 0 Å². The standard InChI is InChI=1S/C22H28N4O5S/c1-14-20(15(2)31-24-14)32(29,30)25-11-3-4-18(13-25)22(28)26(19-9-10-19)12-16-5-7-17(8-6-16)21(23)27/h5-8,18-19H,3-4,9-13H2,1-2H3,(H2,23,27). The Bertz CT molecular complexity index is 1100. The van der Waals surface area contributed by atoms with Crippen molar-refractivity contribution < 1.29 is 22.5 Å². The number of primary amides is 1. The van der Waals surface area contributed by atoms with E-state index in [2.05, 4.69) is 5.16 Å². The number of hydrogen-bond acceptors (Lipinski definition) is 6. The van der Waals surface area contributed by atoms with E-state index in [0.717, 1.165) is 18.4 Å². The van der Waals surface area contributed by atoms with Gasteiger partial charge in [-0.05, 0) is 57.2 Å². The van der Waals surface area contributed by atoms with Gasteiger partial charge in [0.15, 0.2) is 5.76 Å². The van der Waals surface area contributed by atoms with Crippen molar-refractivity contribution in [2.45, 2.75) is 57.0 Å². The molecule has 172 valence electrons. The molecule has 2 fully saturated rings. The van der Waals surface area contributed by atoms with Gasteiger partial charge in [-0.2, -0.15) is 4.31 Å². The average Bonchev–Trinajstić information content (AvgIpc) is 3.55. The maximum absolute atomic E-state index is 13.5. The van der Waals surface area contributed by atoms with Crippen molar-refractivity contribution >= 4 is 21.8 Å². The number of sulfonamides is 1. The van der Waals surface area contributed by atoms with Crippen LogP contribution in [0.15, 0.2) is 33.7 Å². The Labute approximate surface area is 187 Å². The van der Waals surface area contributed by atoms with E-state index in [1.54, 1.807) is 38.1 Å². The van der Waals surface area contributed by atoms with Crippen LogP contribution in [0.25, 0.3) is 0 Å². The second kappa shape index (κ2) is 8.67. The third-order valence-electron chi connectivity index (χ3n) is 6.16. The first-order chi connectivity index (χ1) is 15.2. The van der Waals surface area contributed by atoms with Crippen LogP contribution in [0.1, 0.15) is 53.1 Å². The fourth-order valence-corrected chi connectivity index (χ4v) is 6.13. The Hall–Kier alpha value is -2.72. The van der Waals surface area contributed by atoms with Gasteiger partial charge in [0.05, 0.1) is 5.92 Å². The number of rotatable bonds is 7. The predicted octanol–water partition coefficient (Wildman–Crippen LogP) is 1.98. The van der Waals surface area contributed by atoms with Gasteiger partial charge < -0.3 is 15.2 Å². The lowest BCUT2D eigenvalue weighted by molar-refractivity contribution is -0.138. The number of carbonyl (C=O) groups is 2. The number of carbonyl (C=O) groups excluding carboxylic acids is 2. The van der Waals surface area contributed by atoms with Gasteiger partial charge >= 0.3 is 0 Å². The van der Waals surface area contributed by atoms with E-state index < -0.39 is 21.8 Å². The maximum Gasteiger partial charge on any atom is 0.248 e. The molecule has 2 heterocycles. The van der Waals surface area contributed by atoms with Crippen LogP contribution in [0.2, 0.25) is 0 Å². The van der Waals surface area contributed by atoms with Crippen molar-refractivity contribution in [2.75, 3.05) is 13.1 Å². The lowest BCUT2D eigenvalue weighted by Gasteiger charge is -2.34. The highest BCUT2D eigenvalue weighted by molar-refractivity contribution is 7.89. The molecule has 1 aliphatic heterocycles. The summed E-state index contributed by atoms with van der Waals surface area (Å²) in [7, 11) is -3.79. The summed E-state index contributed by atoms with van der Waals surface area (Å²) in [4.78, 5) is 26.7. The molecule has 2 aromatic rings. The number of benzene rings is 1. The Balaban J connectivity index is 1.50. The number of hydrogen-bond donors (Lipinski definition) is 1. The predicted molar refractivity (Wildman–Crippen MR) is 116 cm³/mol. The van der Waals surface area contributed by atoms with Gasteiger partial charge in [-0.15, -0.1) is 0 Å². The summed E-state index contributed by atoms with van der Waals surface area (Å²) < 4.78 is 32.9. The van der Waals surface area contributed by atoms with Crippen molar-refractivity contribution in [3.63, 3.8) is 0 Å². The van der Waals surface area contributed by atoms with Crippen molar-refractivity contribution in [1.29, 1.82) is 0 Å². The first-order valence-corrected chi connectivity index (χ1v) is 12.2. The summed E-state index contributed by atoms with van der Waals surface area (Å²) in [6, 6.07) is 7.10. The summed E-state index contributed by atoms with van der Waals surface area (Å²) >= 11 is 0. The van der Waals surface area contributed by atoms with Crippen molar-refractivity contribution in [3.05, 3.63) is 46.8 Å². The molecule has 1 aromatic heterocycles. The number of aryl methyl sites for hydroxylation is 2. The lowest BCUT2D eigenvalue weighted by Crippen LogP contribution is -2.47. The van der Waals surface area contributed by atoms with Crippen molar-refractivity contribution in [1.82, 2.24) is 14.4 Å². The summed E-state index contributed by atoms with van der Waals surface area (Å²) in [5.41, 5.74) is 6.96. The molecule has 2 aliphatic rings. The van der Waals surface area contributed by atoms with E-state index in [0.29, 0.717) is 37.2 Å². The minimum absolute atomic E-state index is 0.0230. The SMILES string of the molecule is Cc1noc(C)c1S(=O)(=O)N1CCCC(C(=O)N(Cc2ccc(C(N)=O)cc2)C2CC2)C1. The summed E-state index contributed by atoms with van der Waals surface area (Å²) in [5.74, 6) is -0.655. The van der Waals surface area contributed by atoms with Gasteiger partial charge in [-0.1, -0.05) is 17.3 Å². The zero-order valence-electron chi connectivity index (χ0n) is 18.3. The zero-order chi connectivity index (χ0) is 23.0. The molecule has 1 saturated heterocycles. The third kappa shape index (κ3) is 4.42. The Morgan fingerprint density at radius 2 is 1.88 bits per heavy atom. The first kappa shape index (κ1) is 22.5. The van der Waals surface area contributed by atoms with Crippen LogP contribution >= 0.6 is 0 Å². The topological polar surface area (TPSA) is 127 Å². The normalized spacial score (nSPS) is 19.6. The molecule has 0 radical (unpaired) electrons. The average molecular weight is 461 g/mol. The molecule has 0 bridgehead atoms. The summed E-state index contributed by atoms with van der Waals surface area (Å²) in [6.07, 6.45) is 3.15. The van der Waals surface area contributed by atoms with Crippen molar-refractivity contribution in [3.8, 4) is 0 Å². The molecular formula is C22H28N4O5S. The maximum atomic E-state index is 13.5. The van der Waals surface area contributed by atoms with E-state index in [1.807, 2.05) is 4.90 Å². The van der Waals surface area contributed by atoms with Gasteiger partial charge in [0.1, 0.15) is 10.6 Å². The molecule has 32 heavy (non-hydrogen) atoms. The lowest BCUT2D eigenvalue weighted by atomic mass is 9.97. The van der Waals surface area contributed by atoms with E-state index >= 15 is 0 Å². The first-order valence-electron chi connectivity index (χ1n) is 10.8. The molecule has 1 atom stereocenters. The van der Waals surface area contributed by atoms with E-state index in [-0.39, 0.29) is 29.1 Å².